The van der Waals surface area contributed by atoms with Crippen molar-refractivity contribution in [2.75, 3.05) is 6.54 Å². The number of carbonyl (C=O) groups is 1. The third-order valence-electron chi connectivity index (χ3n) is 4.17. The lowest BCUT2D eigenvalue weighted by atomic mass is 9.79. The standard InChI is InChI=1S/C15H29NO2/c1-3-5-6-12-7-9-13(10-8-12)15(18)16-11-14(17)4-2/h12-14,17H,3-11H2,1-2H3,(H,16,18). The van der Waals surface area contributed by atoms with E-state index in [1.807, 2.05) is 6.92 Å². The molecule has 0 radical (unpaired) electrons. The molecule has 3 nitrogen and oxygen atoms in total. The highest BCUT2D eigenvalue weighted by molar-refractivity contribution is 5.78. The van der Waals surface area contributed by atoms with Gasteiger partial charge in [-0.1, -0.05) is 33.1 Å². The molecule has 1 unspecified atom stereocenters. The number of rotatable bonds is 7. The fourth-order valence-electron chi connectivity index (χ4n) is 2.71. The van der Waals surface area contributed by atoms with E-state index < -0.39 is 6.10 Å². The highest BCUT2D eigenvalue weighted by Gasteiger charge is 2.25. The van der Waals surface area contributed by atoms with Gasteiger partial charge in [-0.15, -0.1) is 0 Å². The number of unbranched alkanes of at least 4 members (excludes halogenated alkanes) is 1. The van der Waals surface area contributed by atoms with Gasteiger partial charge in [0, 0.05) is 12.5 Å². The molecule has 106 valence electrons. The normalized spacial score (nSPS) is 25.7. The molecule has 1 rings (SSSR count). The van der Waals surface area contributed by atoms with Crippen molar-refractivity contribution in [3.05, 3.63) is 0 Å². The molecule has 0 bridgehead atoms. The van der Waals surface area contributed by atoms with Crippen LogP contribution in [0.1, 0.15) is 65.2 Å². The van der Waals surface area contributed by atoms with E-state index in [9.17, 15) is 9.90 Å². The second-order valence-electron chi connectivity index (χ2n) is 5.67. The molecule has 0 aliphatic heterocycles. The molecular formula is C15H29NO2. The van der Waals surface area contributed by atoms with Crippen LogP contribution in [0.25, 0.3) is 0 Å². The summed E-state index contributed by atoms with van der Waals surface area (Å²) in [5.41, 5.74) is 0. The topological polar surface area (TPSA) is 49.3 Å². The van der Waals surface area contributed by atoms with E-state index in [0.29, 0.717) is 13.0 Å². The molecule has 0 heterocycles. The van der Waals surface area contributed by atoms with E-state index in [2.05, 4.69) is 12.2 Å². The summed E-state index contributed by atoms with van der Waals surface area (Å²) in [4.78, 5) is 11.9. The molecule has 1 amide bonds. The number of nitrogens with one attached hydrogen (secondary N) is 1. The largest absolute Gasteiger partial charge is 0.391 e. The Morgan fingerprint density at radius 3 is 2.50 bits per heavy atom. The van der Waals surface area contributed by atoms with E-state index in [0.717, 1.165) is 18.8 Å². The molecular weight excluding hydrogens is 226 g/mol. The number of aliphatic hydroxyl groups is 1. The highest BCUT2D eigenvalue weighted by atomic mass is 16.3. The summed E-state index contributed by atoms with van der Waals surface area (Å²) in [5, 5.41) is 12.3. The number of amides is 1. The quantitative estimate of drug-likeness (QED) is 0.735. The lowest BCUT2D eigenvalue weighted by Crippen LogP contribution is -2.37. The average Bonchev–Trinajstić information content (AvgIpc) is 2.42. The zero-order valence-electron chi connectivity index (χ0n) is 12.0. The van der Waals surface area contributed by atoms with Gasteiger partial charge in [-0.05, 0) is 38.0 Å². The monoisotopic (exact) mass is 255 g/mol. The Balaban J connectivity index is 2.19. The molecule has 0 spiro atoms. The van der Waals surface area contributed by atoms with Gasteiger partial charge in [0.15, 0.2) is 0 Å². The number of hydrogen-bond donors (Lipinski definition) is 2. The van der Waals surface area contributed by atoms with Gasteiger partial charge in [-0.25, -0.2) is 0 Å². The van der Waals surface area contributed by atoms with Gasteiger partial charge in [-0.2, -0.15) is 0 Å². The van der Waals surface area contributed by atoms with Gasteiger partial charge in [0.1, 0.15) is 0 Å². The van der Waals surface area contributed by atoms with Gasteiger partial charge in [0.2, 0.25) is 5.91 Å². The first-order valence-corrected chi connectivity index (χ1v) is 7.63. The second kappa shape index (κ2) is 8.52. The Labute approximate surface area is 111 Å². The predicted molar refractivity (Wildman–Crippen MR) is 74.3 cm³/mol. The van der Waals surface area contributed by atoms with Gasteiger partial charge in [0.05, 0.1) is 6.10 Å². The fraction of sp³-hybridized carbons (Fsp3) is 0.933. The molecule has 0 saturated heterocycles. The van der Waals surface area contributed by atoms with Gasteiger partial charge < -0.3 is 10.4 Å². The molecule has 1 atom stereocenters. The highest BCUT2D eigenvalue weighted by Crippen LogP contribution is 2.31. The third-order valence-corrected chi connectivity index (χ3v) is 4.17. The van der Waals surface area contributed by atoms with E-state index in [4.69, 9.17) is 0 Å². The van der Waals surface area contributed by atoms with Crippen molar-refractivity contribution in [2.24, 2.45) is 11.8 Å². The van der Waals surface area contributed by atoms with Crippen molar-refractivity contribution >= 4 is 5.91 Å². The van der Waals surface area contributed by atoms with Gasteiger partial charge >= 0.3 is 0 Å². The molecule has 0 aromatic heterocycles. The Morgan fingerprint density at radius 2 is 1.94 bits per heavy atom. The summed E-state index contributed by atoms with van der Waals surface area (Å²) in [6.07, 6.45) is 8.70. The van der Waals surface area contributed by atoms with Crippen LogP contribution in [-0.4, -0.2) is 23.7 Å². The van der Waals surface area contributed by atoms with Gasteiger partial charge in [0.25, 0.3) is 0 Å². The molecule has 2 N–H and O–H groups in total. The summed E-state index contributed by atoms with van der Waals surface area (Å²) in [6, 6.07) is 0. The van der Waals surface area contributed by atoms with Gasteiger partial charge in [-0.3, -0.25) is 4.79 Å². The Hall–Kier alpha value is -0.570. The zero-order chi connectivity index (χ0) is 13.4. The number of carbonyl (C=O) groups excluding carboxylic acids is 1. The Kier molecular flexibility index (Phi) is 7.33. The van der Waals surface area contributed by atoms with E-state index >= 15 is 0 Å². The van der Waals surface area contributed by atoms with Crippen LogP contribution < -0.4 is 5.32 Å². The lowest BCUT2D eigenvalue weighted by Gasteiger charge is -2.28. The van der Waals surface area contributed by atoms with Crippen LogP contribution in [-0.2, 0) is 4.79 Å². The Morgan fingerprint density at radius 1 is 1.28 bits per heavy atom. The summed E-state index contributed by atoms with van der Waals surface area (Å²) in [6.45, 7) is 4.57. The fourth-order valence-corrected chi connectivity index (χ4v) is 2.71. The first kappa shape index (κ1) is 15.5. The summed E-state index contributed by atoms with van der Waals surface area (Å²) >= 11 is 0. The zero-order valence-corrected chi connectivity index (χ0v) is 12.0. The maximum Gasteiger partial charge on any atom is 0.223 e. The minimum atomic E-state index is -0.394. The first-order valence-electron chi connectivity index (χ1n) is 7.63. The van der Waals surface area contributed by atoms with E-state index in [-0.39, 0.29) is 11.8 Å². The molecule has 3 heteroatoms. The van der Waals surface area contributed by atoms with Crippen molar-refractivity contribution < 1.29 is 9.90 Å². The average molecular weight is 255 g/mol. The van der Waals surface area contributed by atoms with Crippen molar-refractivity contribution in [3.63, 3.8) is 0 Å². The SMILES string of the molecule is CCCCC1CCC(C(=O)NCC(O)CC)CC1. The number of aliphatic hydroxyl groups excluding tert-OH is 1. The van der Waals surface area contributed by atoms with Crippen LogP contribution in [0, 0.1) is 11.8 Å². The predicted octanol–water partition coefficient (Wildman–Crippen LogP) is 2.87. The minimum Gasteiger partial charge on any atom is -0.391 e. The van der Waals surface area contributed by atoms with Crippen LogP contribution in [0.5, 0.6) is 0 Å². The summed E-state index contributed by atoms with van der Waals surface area (Å²) < 4.78 is 0. The second-order valence-corrected chi connectivity index (χ2v) is 5.67. The van der Waals surface area contributed by atoms with Crippen molar-refractivity contribution in [1.82, 2.24) is 5.32 Å². The van der Waals surface area contributed by atoms with Crippen LogP contribution in [0.15, 0.2) is 0 Å². The van der Waals surface area contributed by atoms with Crippen molar-refractivity contribution in [2.45, 2.75) is 71.3 Å². The van der Waals surface area contributed by atoms with Crippen LogP contribution in [0.3, 0.4) is 0 Å². The molecule has 18 heavy (non-hydrogen) atoms. The van der Waals surface area contributed by atoms with E-state index in [1.54, 1.807) is 0 Å². The third kappa shape index (κ3) is 5.38. The maximum absolute atomic E-state index is 11.9. The first-order chi connectivity index (χ1) is 8.67. The van der Waals surface area contributed by atoms with E-state index in [1.165, 1.54) is 32.1 Å². The molecule has 0 aromatic rings. The lowest BCUT2D eigenvalue weighted by molar-refractivity contribution is -0.126. The number of hydrogen-bond acceptors (Lipinski definition) is 2. The smallest absolute Gasteiger partial charge is 0.223 e. The minimum absolute atomic E-state index is 0.149. The van der Waals surface area contributed by atoms with Crippen molar-refractivity contribution in [1.29, 1.82) is 0 Å². The van der Waals surface area contributed by atoms with Crippen LogP contribution in [0.4, 0.5) is 0 Å². The maximum atomic E-state index is 11.9. The van der Waals surface area contributed by atoms with Crippen molar-refractivity contribution in [3.8, 4) is 0 Å². The molecule has 1 saturated carbocycles. The Bertz CT molecular complexity index is 235. The molecule has 1 aliphatic carbocycles. The summed E-state index contributed by atoms with van der Waals surface area (Å²) in [7, 11) is 0. The summed E-state index contributed by atoms with van der Waals surface area (Å²) in [5.74, 6) is 1.18. The molecule has 1 fully saturated rings. The molecule has 1 aliphatic rings. The molecule has 0 aromatic carbocycles. The van der Waals surface area contributed by atoms with Crippen LogP contribution >= 0.6 is 0 Å². The van der Waals surface area contributed by atoms with Crippen LogP contribution in [0.2, 0.25) is 0 Å².